The lowest BCUT2D eigenvalue weighted by Crippen LogP contribution is -2.16. The first-order chi connectivity index (χ1) is 9.90. The Morgan fingerprint density at radius 3 is 2.71 bits per heavy atom. The van der Waals surface area contributed by atoms with Crippen molar-refractivity contribution < 1.29 is 14.3 Å². The van der Waals surface area contributed by atoms with Crippen LogP contribution in [0, 0.1) is 5.82 Å². The van der Waals surface area contributed by atoms with Crippen molar-refractivity contribution >= 4 is 23.4 Å². The number of hydrogen-bond donors (Lipinski definition) is 2. The van der Waals surface area contributed by atoms with E-state index in [0.717, 1.165) is 6.20 Å². The first-order valence-electron chi connectivity index (χ1n) is 6.21. The Labute approximate surface area is 125 Å². The van der Waals surface area contributed by atoms with Gasteiger partial charge in [0.25, 0.3) is 0 Å². The smallest absolute Gasteiger partial charge is 0.341 e. The fourth-order valence-corrected chi connectivity index (χ4v) is 2.00. The van der Waals surface area contributed by atoms with Crippen LogP contribution in [0.5, 0.6) is 0 Å². The molecule has 21 heavy (non-hydrogen) atoms. The number of carboxylic acid groups (broad SMARTS) is 1. The van der Waals surface area contributed by atoms with E-state index in [1.807, 2.05) is 13.8 Å². The van der Waals surface area contributed by atoms with Crippen molar-refractivity contribution in [3.05, 3.63) is 40.8 Å². The number of carboxylic acids is 1. The number of rotatable bonds is 4. The summed E-state index contributed by atoms with van der Waals surface area (Å²) in [6, 6.07) is 4.19. The molecule has 0 aliphatic carbocycles. The summed E-state index contributed by atoms with van der Waals surface area (Å²) in [6.07, 6.45) is 1.14. The van der Waals surface area contributed by atoms with E-state index in [1.165, 1.54) is 18.2 Å². The summed E-state index contributed by atoms with van der Waals surface area (Å²) in [5.74, 6) is -1.57. The van der Waals surface area contributed by atoms with Crippen LogP contribution in [0.25, 0.3) is 11.4 Å². The largest absolute Gasteiger partial charge is 0.477 e. The fourth-order valence-electron chi connectivity index (χ4n) is 1.75. The zero-order valence-corrected chi connectivity index (χ0v) is 12.1. The van der Waals surface area contributed by atoms with Gasteiger partial charge in [-0.3, -0.25) is 0 Å². The standard InChI is InChI=1S/C14H13ClFN3O2/c1-7(2)18-12-8(14(20)21)6-17-13(19-12)11-9(15)4-3-5-10(11)16/h3-7H,1-2H3,(H,20,21)(H,17,18,19). The molecule has 110 valence electrons. The Morgan fingerprint density at radius 1 is 1.43 bits per heavy atom. The summed E-state index contributed by atoms with van der Waals surface area (Å²) in [7, 11) is 0. The molecule has 0 bridgehead atoms. The fraction of sp³-hybridized carbons (Fsp3) is 0.214. The molecule has 0 amide bonds. The van der Waals surface area contributed by atoms with Gasteiger partial charge in [-0.25, -0.2) is 19.2 Å². The Hall–Kier alpha value is -2.21. The highest BCUT2D eigenvalue weighted by Crippen LogP contribution is 2.29. The average molecular weight is 310 g/mol. The minimum absolute atomic E-state index is 0.0336. The predicted octanol–water partition coefficient (Wildman–Crippen LogP) is 3.45. The molecule has 0 fully saturated rings. The molecule has 0 saturated heterocycles. The molecule has 0 atom stereocenters. The van der Waals surface area contributed by atoms with E-state index in [1.54, 1.807) is 0 Å². The Balaban J connectivity index is 2.59. The number of hydrogen-bond acceptors (Lipinski definition) is 4. The third kappa shape index (κ3) is 3.28. The van der Waals surface area contributed by atoms with Gasteiger partial charge in [-0.2, -0.15) is 0 Å². The zero-order valence-electron chi connectivity index (χ0n) is 11.4. The molecule has 1 aromatic carbocycles. The van der Waals surface area contributed by atoms with Crippen molar-refractivity contribution in [1.29, 1.82) is 0 Å². The van der Waals surface area contributed by atoms with E-state index in [2.05, 4.69) is 15.3 Å². The van der Waals surface area contributed by atoms with Crippen molar-refractivity contribution in [2.45, 2.75) is 19.9 Å². The molecule has 7 heteroatoms. The van der Waals surface area contributed by atoms with E-state index >= 15 is 0 Å². The second kappa shape index (κ2) is 6.05. The molecule has 0 radical (unpaired) electrons. The third-order valence-electron chi connectivity index (χ3n) is 2.63. The zero-order chi connectivity index (χ0) is 15.6. The Morgan fingerprint density at radius 2 is 2.14 bits per heavy atom. The van der Waals surface area contributed by atoms with Gasteiger partial charge in [0.05, 0.1) is 10.6 Å². The topological polar surface area (TPSA) is 75.1 Å². The van der Waals surface area contributed by atoms with Crippen LogP contribution in [0.3, 0.4) is 0 Å². The number of carbonyl (C=O) groups is 1. The molecule has 0 aliphatic heterocycles. The highest BCUT2D eigenvalue weighted by molar-refractivity contribution is 6.33. The van der Waals surface area contributed by atoms with Crippen molar-refractivity contribution in [1.82, 2.24) is 9.97 Å². The Bertz CT molecular complexity index is 672. The summed E-state index contributed by atoms with van der Waals surface area (Å²) >= 11 is 5.97. The summed E-state index contributed by atoms with van der Waals surface area (Å²) in [4.78, 5) is 19.2. The second-order valence-electron chi connectivity index (χ2n) is 4.66. The number of aromatic carboxylic acids is 1. The van der Waals surface area contributed by atoms with Crippen LogP contribution < -0.4 is 5.32 Å². The van der Waals surface area contributed by atoms with Crippen molar-refractivity contribution in [3.8, 4) is 11.4 Å². The molecule has 2 N–H and O–H groups in total. The van der Waals surface area contributed by atoms with Crippen LogP contribution in [0.2, 0.25) is 5.02 Å². The minimum atomic E-state index is -1.16. The van der Waals surface area contributed by atoms with E-state index in [-0.39, 0.29) is 33.8 Å². The average Bonchev–Trinajstić information content (AvgIpc) is 2.37. The van der Waals surface area contributed by atoms with Crippen LogP contribution in [-0.4, -0.2) is 27.1 Å². The van der Waals surface area contributed by atoms with Gasteiger partial charge in [0.15, 0.2) is 5.82 Å². The van der Waals surface area contributed by atoms with Crippen LogP contribution >= 0.6 is 11.6 Å². The lowest BCUT2D eigenvalue weighted by molar-refractivity contribution is 0.0697. The van der Waals surface area contributed by atoms with Gasteiger partial charge in [0.1, 0.15) is 17.2 Å². The summed E-state index contributed by atoms with van der Waals surface area (Å²) in [5, 5.41) is 12.2. The number of aromatic nitrogens is 2. The first-order valence-corrected chi connectivity index (χ1v) is 6.59. The SMILES string of the molecule is CC(C)Nc1nc(-c2c(F)cccc2Cl)ncc1C(=O)O. The summed E-state index contributed by atoms with van der Waals surface area (Å²) in [6.45, 7) is 3.67. The number of nitrogens with zero attached hydrogens (tertiary/aromatic N) is 2. The summed E-state index contributed by atoms with van der Waals surface area (Å²) < 4.78 is 13.9. The molecule has 0 unspecified atom stereocenters. The van der Waals surface area contributed by atoms with Gasteiger partial charge in [0, 0.05) is 12.2 Å². The number of nitrogens with one attached hydrogen (secondary N) is 1. The maximum absolute atomic E-state index is 13.9. The van der Waals surface area contributed by atoms with Gasteiger partial charge >= 0.3 is 5.97 Å². The van der Waals surface area contributed by atoms with Gasteiger partial charge in [-0.1, -0.05) is 17.7 Å². The highest BCUT2D eigenvalue weighted by atomic mass is 35.5. The predicted molar refractivity (Wildman–Crippen MR) is 78.2 cm³/mol. The van der Waals surface area contributed by atoms with Gasteiger partial charge in [0.2, 0.25) is 0 Å². The van der Waals surface area contributed by atoms with Crippen LogP contribution in [-0.2, 0) is 0 Å². The molecule has 0 aliphatic rings. The van der Waals surface area contributed by atoms with Crippen LogP contribution in [0.1, 0.15) is 24.2 Å². The van der Waals surface area contributed by atoms with Gasteiger partial charge in [-0.15, -0.1) is 0 Å². The first kappa shape index (κ1) is 15.2. The Kier molecular flexibility index (Phi) is 4.37. The number of anilines is 1. The monoisotopic (exact) mass is 309 g/mol. The van der Waals surface area contributed by atoms with Gasteiger partial charge in [-0.05, 0) is 26.0 Å². The third-order valence-corrected chi connectivity index (χ3v) is 2.95. The maximum atomic E-state index is 13.9. The van der Waals surface area contributed by atoms with Crippen molar-refractivity contribution in [2.24, 2.45) is 0 Å². The van der Waals surface area contributed by atoms with E-state index in [9.17, 15) is 9.18 Å². The van der Waals surface area contributed by atoms with Crippen LogP contribution in [0.15, 0.2) is 24.4 Å². The van der Waals surface area contributed by atoms with Gasteiger partial charge < -0.3 is 10.4 Å². The molecule has 5 nitrogen and oxygen atoms in total. The normalized spacial score (nSPS) is 10.7. The number of benzene rings is 1. The van der Waals surface area contributed by atoms with Crippen LogP contribution in [0.4, 0.5) is 10.2 Å². The lowest BCUT2D eigenvalue weighted by atomic mass is 10.2. The maximum Gasteiger partial charge on any atom is 0.341 e. The van der Waals surface area contributed by atoms with Crippen molar-refractivity contribution in [3.63, 3.8) is 0 Å². The molecule has 1 aromatic heterocycles. The molecule has 2 rings (SSSR count). The van der Waals surface area contributed by atoms with E-state index in [0.29, 0.717) is 0 Å². The quantitative estimate of drug-likeness (QED) is 0.904. The lowest BCUT2D eigenvalue weighted by Gasteiger charge is -2.13. The molecular weight excluding hydrogens is 297 g/mol. The second-order valence-corrected chi connectivity index (χ2v) is 5.06. The molecule has 2 aromatic rings. The molecular formula is C14H13ClFN3O2. The molecule has 1 heterocycles. The van der Waals surface area contributed by atoms with Crippen molar-refractivity contribution in [2.75, 3.05) is 5.32 Å². The summed E-state index contributed by atoms with van der Waals surface area (Å²) in [5.41, 5.74) is -0.0391. The van der Waals surface area contributed by atoms with E-state index < -0.39 is 11.8 Å². The number of halogens is 2. The molecule has 0 spiro atoms. The van der Waals surface area contributed by atoms with E-state index in [4.69, 9.17) is 16.7 Å². The minimum Gasteiger partial charge on any atom is -0.477 e. The highest BCUT2D eigenvalue weighted by Gasteiger charge is 2.18. The molecule has 0 saturated carbocycles.